The SMILES string of the molecule is COc1cc(/C=N/OCC(=O)Nc2ccc(C)cc2)cc(Br)c1OCc1cccc2ccccc12. The summed E-state index contributed by atoms with van der Waals surface area (Å²) in [6.45, 7) is 2.18. The summed E-state index contributed by atoms with van der Waals surface area (Å²) in [5.41, 5.74) is 3.64. The molecule has 0 unspecified atom stereocenters. The van der Waals surface area contributed by atoms with E-state index in [-0.39, 0.29) is 12.5 Å². The Bertz CT molecular complexity index is 1350. The maximum Gasteiger partial charge on any atom is 0.265 e. The first kappa shape index (κ1) is 24.3. The fraction of sp³-hybridized carbons (Fsp3) is 0.143. The summed E-state index contributed by atoms with van der Waals surface area (Å²) in [4.78, 5) is 17.2. The average molecular weight is 533 g/mol. The summed E-state index contributed by atoms with van der Waals surface area (Å²) in [6, 6.07) is 25.5. The first-order chi connectivity index (χ1) is 17.0. The van der Waals surface area contributed by atoms with Crippen LogP contribution in [0.15, 0.2) is 88.5 Å². The van der Waals surface area contributed by atoms with E-state index in [1.807, 2.05) is 55.5 Å². The predicted octanol–water partition coefficient (Wildman–Crippen LogP) is 6.49. The molecular weight excluding hydrogens is 508 g/mol. The number of carbonyl (C=O) groups excluding carboxylic acids is 1. The maximum absolute atomic E-state index is 12.0. The van der Waals surface area contributed by atoms with Crippen LogP contribution in [0.2, 0.25) is 0 Å². The van der Waals surface area contributed by atoms with E-state index in [2.05, 4.69) is 50.7 Å². The number of amides is 1. The van der Waals surface area contributed by atoms with E-state index in [1.54, 1.807) is 13.2 Å². The number of benzene rings is 4. The molecule has 0 spiro atoms. The molecule has 7 heteroatoms. The molecule has 35 heavy (non-hydrogen) atoms. The molecule has 0 fully saturated rings. The molecule has 1 amide bonds. The number of hydrogen-bond acceptors (Lipinski definition) is 5. The molecule has 0 saturated heterocycles. The Labute approximate surface area is 212 Å². The lowest BCUT2D eigenvalue weighted by Crippen LogP contribution is -2.16. The molecule has 0 heterocycles. The van der Waals surface area contributed by atoms with Gasteiger partial charge in [-0.25, -0.2) is 0 Å². The number of nitrogens with zero attached hydrogens (tertiary/aromatic N) is 1. The maximum atomic E-state index is 12.0. The van der Waals surface area contributed by atoms with E-state index in [9.17, 15) is 4.79 Å². The molecule has 0 aliphatic heterocycles. The van der Waals surface area contributed by atoms with Crippen LogP contribution in [0.1, 0.15) is 16.7 Å². The second-order valence-corrected chi connectivity index (χ2v) is 8.74. The van der Waals surface area contributed by atoms with Crippen LogP contribution in [0.25, 0.3) is 10.8 Å². The number of methoxy groups -OCH3 is 1. The Morgan fingerprint density at radius 1 is 1.03 bits per heavy atom. The van der Waals surface area contributed by atoms with E-state index < -0.39 is 0 Å². The zero-order valence-corrected chi connectivity index (χ0v) is 21.0. The van der Waals surface area contributed by atoms with Gasteiger partial charge in [-0.1, -0.05) is 65.3 Å². The Morgan fingerprint density at radius 3 is 2.60 bits per heavy atom. The summed E-state index contributed by atoms with van der Waals surface area (Å²) >= 11 is 3.56. The molecule has 178 valence electrons. The molecule has 0 aliphatic carbocycles. The molecule has 0 saturated carbocycles. The largest absolute Gasteiger partial charge is 0.493 e. The predicted molar refractivity (Wildman–Crippen MR) is 142 cm³/mol. The van der Waals surface area contributed by atoms with Gasteiger partial charge in [-0.05, 0) is 63.5 Å². The average Bonchev–Trinajstić information content (AvgIpc) is 2.87. The second kappa shape index (κ2) is 11.5. The van der Waals surface area contributed by atoms with E-state index in [1.165, 1.54) is 11.6 Å². The fourth-order valence-electron chi connectivity index (χ4n) is 3.55. The highest BCUT2D eigenvalue weighted by molar-refractivity contribution is 9.10. The van der Waals surface area contributed by atoms with E-state index in [0.29, 0.717) is 23.8 Å². The molecular formula is C28H25BrN2O4. The van der Waals surface area contributed by atoms with Gasteiger partial charge >= 0.3 is 0 Å². The summed E-state index contributed by atoms with van der Waals surface area (Å²) < 4.78 is 12.4. The molecule has 4 aromatic rings. The van der Waals surface area contributed by atoms with Gasteiger partial charge in [-0.3, -0.25) is 4.79 Å². The van der Waals surface area contributed by atoms with Gasteiger partial charge in [0, 0.05) is 11.3 Å². The van der Waals surface area contributed by atoms with Crippen molar-refractivity contribution in [2.24, 2.45) is 5.16 Å². The minimum absolute atomic E-state index is 0.199. The molecule has 0 atom stereocenters. The van der Waals surface area contributed by atoms with Crippen molar-refractivity contribution in [1.82, 2.24) is 0 Å². The molecule has 0 aliphatic rings. The van der Waals surface area contributed by atoms with Crippen LogP contribution in [0, 0.1) is 6.92 Å². The van der Waals surface area contributed by atoms with Crippen molar-refractivity contribution in [3.8, 4) is 11.5 Å². The third kappa shape index (κ3) is 6.39. The van der Waals surface area contributed by atoms with Crippen LogP contribution in [0.3, 0.4) is 0 Å². The topological polar surface area (TPSA) is 69.2 Å². The number of aryl methyl sites for hydroxylation is 1. The Morgan fingerprint density at radius 2 is 1.80 bits per heavy atom. The number of rotatable bonds is 9. The van der Waals surface area contributed by atoms with E-state index >= 15 is 0 Å². The normalized spacial score (nSPS) is 10.9. The monoisotopic (exact) mass is 532 g/mol. The van der Waals surface area contributed by atoms with Crippen molar-refractivity contribution in [3.63, 3.8) is 0 Å². The quantitative estimate of drug-likeness (QED) is 0.197. The molecule has 6 nitrogen and oxygen atoms in total. The van der Waals surface area contributed by atoms with Crippen molar-refractivity contribution in [3.05, 3.63) is 100 Å². The Kier molecular flexibility index (Phi) is 8.00. The van der Waals surface area contributed by atoms with Crippen molar-refractivity contribution in [1.29, 1.82) is 0 Å². The number of carbonyl (C=O) groups is 1. The highest BCUT2D eigenvalue weighted by atomic mass is 79.9. The number of hydrogen-bond donors (Lipinski definition) is 1. The van der Waals surface area contributed by atoms with E-state index in [4.69, 9.17) is 14.3 Å². The number of ether oxygens (including phenoxy) is 2. The molecule has 0 aromatic heterocycles. The van der Waals surface area contributed by atoms with Gasteiger partial charge in [0.1, 0.15) is 6.61 Å². The van der Waals surface area contributed by atoms with Crippen LogP contribution in [-0.4, -0.2) is 25.8 Å². The number of halogens is 1. The lowest BCUT2D eigenvalue weighted by atomic mass is 10.1. The Balaban J connectivity index is 1.37. The number of anilines is 1. The van der Waals surface area contributed by atoms with Gasteiger partial charge in [-0.15, -0.1) is 0 Å². The van der Waals surface area contributed by atoms with Gasteiger partial charge < -0.3 is 19.6 Å². The number of oxime groups is 1. The third-order valence-electron chi connectivity index (χ3n) is 5.31. The van der Waals surface area contributed by atoms with Crippen molar-refractivity contribution in [2.75, 3.05) is 19.0 Å². The third-order valence-corrected chi connectivity index (χ3v) is 5.90. The van der Waals surface area contributed by atoms with Gasteiger partial charge in [0.05, 0.1) is 17.8 Å². The standard InChI is InChI=1S/C28H25BrN2O4/c1-19-10-12-23(13-11-19)31-27(32)18-35-30-16-20-14-25(29)28(26(15-20)33-2)34-17-22-8-5-7-21-6-3-4-9-24(21)22/h3-16H,17-18H2,1-2H3,(H,31,32)/b30-16+. The van der Waals surface area contributed by atoms with Crippen LogP contribution < -0.4 is 14.8 Å². The minimum atomic E-state index is -0.290. The molecule has 0 bridgehead atoms. The molecule has 4 aromatic carbocycles. The zero-order chi connectivity index (χ0) is 24.6. The van der Waals surface area contributed by atoms with Gasteiger partial charge in [0.2, 0.25) is 0 Å². The zero-order valence-electron chi connectivity index (χ0n) is 19.5. The minimum Gasteiger partial charge on any atom is -0.493 e. The van der Waals surface area contributed by atoms with Crippen LogP contribution >= 0.6 is 15.9 Å². The second-order valence-electron chi connectivity index (χ2n) is 7.88. The van der Waals surface area contributed by atoms with Crippen molar-refractivity contribution >= 4 is 44.5 Å². The Hall–Kier alpha value is -3.84. The molecule has 4 rings (SSSR count). The highest BCUT2D eigenvalue weighted by Gasteiger charge is 2.12. The summed E-state index contributed by atoms with van der Waals surface area (Å²) in [6.07, 6.45) is 1.51. The fourth-order valence-corrected chi connectivity index (χ4v) is 4.12. The van der Waals surface area contributed by atoms with Crippen molar-refractivity contribution < 1.29 is 19.1 Å². The molecule has 0 radical (unpaired) electrons. The van der Waals surface area contributed by atoms with Crippen molar-refractivity contribution in [2.45, 2.75) is 13.5 Å². The first-order valence-electron chi connectivity index (χ1n) is 11.0. The van der Waals surface area contributed by atoms with Gasteiger partial charge in [0.15, 0.2) is 18.1 Å². The number of fused-ring (bicyclic) bond motifs is 1. The van der Waals surface area contributed by atoms with E-state index in [0.717, 1.165) is 26.5 Å². The highest BCUT2D eigenvalue weighted by Crippen LogP contribution is 2.37. The smallest absolute Gasteiger partial charge is 0.265 e. The number of nitrogens with one attached hydrogen (secondary N) is 1. The first-order valence-corrected chi connectivity index (χ1v) is 11.8. The van der Waals surface area contributed by atoms with Gasteiger partial charge in [-0.2, -0.15) is 0 Å². The molecule has 1 N–H and O–H groups in total. The van der Waals surface area contributed by atoms with Crippen LogP contribution in [0.4, 0.5) is 5.69 Å². The van der Waals surface area contributed by atoms with Gasteiger partial charge in [0.25, 0.3) is 5.91 Å². The van der Waals surface area contributed by atoms with Crippen LogP contribution in [-0.2, 0) is 16.2 Å². The summed E-state index contributed by atoms with van der Waals surface area (Å²) in [5, 5.41) is 8.98. The van der Waals surface area contributed by atoms with Crippen LogP contribution in [0.5, 0.6) is 11.5 Å². The summed E-state index contributed by atoms with van der Waals surface area (Å²) in [7, 11) is 1.58. The summed E-state index contributed by atoms with van der Waals surface area (Å²) in [5.74, 6) is 0.858. The lowest BCUT2D eigenvalue weighted by Gasteiger charge is -2.14. The lowest BCUT2D eigenvalue weighted by molar-refractivity contribution is -0.120.